The highest BCUT2D eigenvalue weighted by molar-refractivity contribution is 5.51. The van der Waals surface area contributed by atoms with Crippen LogP contribution in [0.25, 0.3) is 5.69 Å². The lowest BCUT2D eigenvalue weighted by atomic mass is 10.1. The predicted octanol–water partition coefficient (Wildman–Crippen LogP) is 0.393. The van der Waals surface area contributed by atoms with Crippen LogP contribution in [0.1, 0.15) is 17.7 Å². The van der Waals surface area contributed by atoms with Gasteiger partial charge in [0.2, 0.25) is 0 Å². The number of aromatic nitrogens is 6. The van der Waals surface area contributed by atoms with Crippen molar-refractivity contribution in [3.05, 3.63) is 52.2 Å². The summed E-state index contributed by atoms with van der Waals surface area (Å²) in [5.41, 5.74) is -0.438. The fraction of sp³-hybridized carbons (Fsp3) is 0.231. The molecule has 0 radical (unpaired) electrons. The number of nitrogen functional groups attached to an aromatic ring is 1. The topological polar surface area (TPSA) is 106 Å². The molecule has 3 rings (SSSR count). The minimum absolute atomic E-state index is 0.0677. The minimum atomic E-state index is -2.79. The van der Waals surface area contributed by atoms with Gasteiger partial charge in [0.15, 0.2) is 5.75 Å². The van der Waals surface area contributed by atoms with E-state index in [1.54, 1.807) is 6.07 Å². The first kappa shape index (κ1) is 15.6. The molecule has 2 heterocycles. The summed E-state index contributed by atoms with van der Waals surface area (Å²) < 4.78 is 34.0. The summed E-state index contributed by atoms with van der Waals surface area (Å²) >= 11 is 0. The van der Waals surface area contributed by atoms with Crippen molar-refractivity contribution in [2.24, 2.45) is 7.05 Å². The molecule has 3 aromatic rings. The minimum Gasteiger partial charge on any atom is -0.484 e. The second-order valence-corrected chi connectivity index (χ2v) is 4.87. The van der Waals surface area contributed by atoms with E-state index in [0.29, 0.717) is 5.69 Å². The highest BCUT2D eigenvalue weighted by Crippen LogP contribution is 2.34. The average molecular weight is 337 g/mol. The van der Waals surface area contributed by atoms with Gasteiger partial charge in [0, 0.05) is 13.2 Å². The van der Waals surface area contributed by atoms with Crippen molar-refractivity contribution >= 4 is 0 Å². The Labute approximate surface area is 133 Å². The quantitative estimate of drug-likeness (QED) is 0.675. The first-order valence-corrected chi connectivity index (χ1v) is 6.80. The van der Waals surface area contributed by atoms with Crippen molar-refractivity contribution in [3.63, 3.8) is 0 Å². The largest absolute Gasteiger partial charge is 0.484 e. The summed E-state index contributed by atoms with van der Waals surface area (Å²) in [6.07, 6.45) is -1.30. The highest BCUT2D eigenvalue weighted by atomic mass is 19.3. The second-order valence-electron chi connectivity index (χ2n) is 4.87. The zero-order valence-corrected chi connectivity index (χ0v) is 12.5. The number of hydrogen-bond donors (Lipinski definition) is 1. The standard InChI is InChI=1S/C13H13F2N7O2/c1-20-13(23)22(19-18-20)10-4-2-3-9(12(14)15)11(10)24-7-8-5-6-21(16)17-8/h2-6,12H,7,16H2,1H3. The van der Waals surface area contributed by atoms with Gasteiger partial charge >= 0.3 is 5.69 Å². The molecule has 0 aliphatic heterocycles. The van der Waals surface area contributed by atoms with E-state index in [2.05, 4.69) is 15.5 Å². The fourth-order valence-corrected chi connectivity index (χ4v) is 2.10. The Bertz CT molecular complexity index is 915. The van der Waals surface area contributed by atoms with Crippen LogP contribution in [0.4, 0.5) is 8.78 Å². The maximum Gasteiger partial charge on any atom is 0.368 e. The van der Waals surface area contributed by atoms with Crippen LogP contribution in [0.2, 0.25) is 0 Å². The molecule has 0 aliphatic rings. The van der Waals surface area contributed by atoms with Gasteiger partial charge in [-0.1, -0.05) is 6.07 Å². The van der Waals surface area contributed by atoms with E-state index in [1.165, 1.54) is 31.4 Å². The summed E-state index contributed by atoms with van der Waals surface area (Å²) in [5.74, 6) is 5.27. The average Bonchev–Trinajstić information content (AvgIpc) is 3.11. The van der Waals surface area contributed by atoms with E-state index in [0.717, 1.165) is 14.2 Å². The molecule has 11 heteroatoms. The van der Waals surface area contributed by atoms with Gasteiger partial charge < -0.3 is 10.6 Å². The molecular weight excluding hydrogens is 324 g/mol. The first-order chi connectivity index (χ1) is 11.5. The Morgan fingerprint density at radius 2 is 2.08 bits per heavy atom. The van der Waals surface area contributed by atoms with Gasteiger partial charge in [0.05, 0.1) is 5.56 Å². The van der Waals surface area contributed by atoms with E-state index in [-0.39, 0.29) is 23.6 Å². The van der Waals surface area contributed by atoms with Crippen LogP contribution in [0.15, 0.2) is 35.3 Å². The summed E-state index contributed by atoms with van der Waals surface area (Å²) in [7, 11) is 1.40. The Morgan fingerprint density at radius 1 is 1.29 bits per heavy atom. The van der Waals surface area contributed by atoms with Crippen molar-refractivity contribution in [3.8, 4) is 11.4 Å². The SMILES string of the molecule is Cn1nnn(-c2cccc(C(F)F)c2OCc2ccn(N)n2)c1=O. The Kier molecular flexibility index (Phi) is 3.98. The summed E-state index contributed by atoms with van der Waals surface area (Å²) in [5, 5.41) is 11.1. The molecule has 24 heavy (non-hydrogen) atoms. The van der Waals surface area contributed by atoms with Crippen LogP contribution in [0.3, 0.4) is 0 Å². The number of nitrogens with zero attached hydrogens (tertiary/aromatic N) is 6. The van der Waals surface area contributed by atoms with Crippen molar-refractivity contribution in [1.29, 1.82) is 0 Å². The normalized spacial score (nSPS) is 11.2. The lowest BCUT2D eigenvalue weighted by molar-refractivity contribution is 0.144. The summed E-state index contributed by atoms with van der Waals surface area (Å²) in [6.45, 7) is -0.101. The summed E-state index contributed by atoms with van der Waals surface area (Å²) in [6, 6.07) is 5.63. The molecule has 9 nitrogen and oxygen atoms in total. The predicted molar refractivity (Wildman–Crippen MR) is 78.3 cm³/mol. The molecule has 2 N–H and O–H groups in total. The second kappa shape index (κ2) is 6.10. The Morgan fingerprint density at radius 3 is 2.67 bits per heavy atom. The molecule has 0 bridgehead atoms. The van der Waals surface area contributed by atoms with Crippen LogP contribution >= 0.6 is 0 Å². The van der Waals surface area contributed by atoms with Gasteiger partial charge in [-0.25, -0.2) is 13.6 Å². The van der Waals surface area contributed by atoms with Gasteiger partial charge in [-0.2, -0.15) is 19.3 Å². The van der Waals surface area contributed by atoms with Gasteiger partial charge in [0.25, 0.3) is 6.43 Å². The monoisotopic (exact) mass is 337 g/mol. The molecule has 0 atom stereocenters. The van der Waals surface area contributed by atoms with Gasteiger partial charge in [0.1, 0.15) is 18.0 Å². The number of tetrazole rings is 1. The van der Waals surface area contributed by atoms with Gasteiger partial charge in [-0.05, 0) is 28.6 Å². The van der Waals surface area contributed by atoms with Crippen LogP contribution in [-0.2, 0) is 13.7 Å². The molecule has 0 saturated heterocycles. The zero-order chi connectivity index (χ0) is 17.3. The number of hydrogen-bond acceptors (Lipinski definition) is 6. The Hall–Kier alpha value is -3.24. The lowest BCUT2D eigenvalue weighted by Gasteiger charge is -2.14. The van der Waals surface area contributed by atoms with E-state index < -0.39 is 12.1 Å². The third kappa shape index (κ3) is 2.83. The molecule has 0 aliphatic carbocycles. The molecule has 0 unspecified atom stereocenters. The van der Waals surface area contributed by atoms with Gasteiger partial charge in [-0.15, -0.1) is 0 Å². The van der Waals surface area contributed by atoms with Crippen LogP contribution < -0.4 is 16.3 Å². The van der Waals surface area contributed by atoms with E-state index >= 15 is 0 Å². The maximum absolute atomic E-state index is 13.3. The van der Waals surface area contributed by atoms with Crippen molar-refractivity contribution in [2.75, 3.05) is 5.84 Å². The van der Waals surface area contributed by atoms with E-state index in [1.807, 2.05) is 0 Å². The van der Waals surface area contributed by atoms with Gasteiger partial charge in [-0.3, -0.25) is 0 Å². The van der Waals surface area contributed by atoms with E-state index in [9.17, 15) is 13.6 Å². The third-order valence-corrected chi connectivity index (χ3v) is 3.24. The van der Waals surface area contributed by atoms with Crippen molar-refractivity contribution in [1.82, 2.24) is 29.7 Å². The van der Waals surface area contributed by atoms with Crippen LogP contribution in [0.5, 0.6) is 5.75 Å². The summed E-state index contributed by atoms with van der Waals surface area (Å²) in [4.78, 5) is 13.1. The highest BCUT2D eigenvalue weighted by Gasteiger charge is 2.21. The Balaban J connectivity index is 2.04. The molecule has 2 aromatic heterocycles. The fourth-order valence-electron chi connectivity index (χ4n) is 2.10. The maximum atomic E-state index is 13.3. The van der Waals surface area contributed by atoms with Crippen molar-refractivity contribution < 1.29 is 13.5 Å². The number of para-hydroxylation sites is 1. The molecule has 0 amide bonds. The number of nitrogens with two attached hydrogens (primary N) is 1. The molecule has 0 saturated carbocycles. The van der Waals surface area contributed by atoms with Crippen LogP contribution in [0, 0.1) is 0 Å². The van der Waals surface area contributed by atoms with Crippen LogP contribution in [-0.4, -0.2) is 29.7 Å². The van der Waals surface area contributed by atoms with E-state index in [4.69, 9.17) is 10.6 Å². The molecule has 0 fully saturated rings. The van der Waals surface area contributed by atoms with Crippen molar-refractivity contribution in [2.45, 2.75) is 13.0 Å². The lowest BCUT2D eigenvalue weighted by Crippen LogP contribution is -2.22. The number of ether oxygens (including phenoxy) is 1. The number of benzene rings is 1. The molecule has 0 spiro atoms. The first-order valence-electron chi connectivity index (χ1n) is 6.80. The molecule has 126 valence electrons. The number of rotatable bonds is 5. The third-order valence-electron chi connectivity index (χ3n) is 3.24. The number of halogens is 2. The zero-order valence-electron chi connectivity index (χ0n) is 12.5. The smallest absolute Gasteiger partial charge is 0.368 e. The molecular formula is C13H13F2N7O2. The number of aryl methyl sites for hydroxylation is 1. The molecule has 1 aromatic carbocycles. The number of alkyl halides is 2.